The third-order valence-corrected chi connectivity index (χ3v) is 5.35. The smallest absolute Gasteiger partial charge is 0.361 e. The fourth-order valence-electron chi connectivity index (χ4n) is 2.80. The molecule has 0 saturated carbocycles. The number of carbonyl (C=O) groups excluding carboxylic acids is 1. The minimum absolute atomic E-state index is 0.0338. The highest BCUT2D eigenvalue weighted by Crippen LogP contribution is 2.43. The van der Waals surface area contributed by atoms with Gasteiger partial charge in [-0.3, -0.25) is 13.9 Å². The van der Waals surface area contributed by atoms with E-state index in [-0.39, 0.29) is 22.3 Å². The van der Waals surface area contributed by atoms with Gasteiger partial charge in [-0.05, 0) is 18.5 Å². The van der Waals surface area contributed by atoms with Crippen molar-refractivity contribution in [1.82, 2.24) is 19.5 Å². The fourth-order valence-corrected chi connectivity index (χ4v) is 3.72. The van der Waals surface area contributed by atoms with Crippen LogP contribution in [-0.4, -0.2) is 71.0 Å². The number of hydrogen-bond donors (Lipinski definition) is 4. The van der Waals surface area contributed by atoms with Crippen molar-refractivity contribution in [3.8, 4) is 0 Å². The Morgan fingerprint density at radius 2 is 2.21 bits per heavy atom. The number of halogens is 2. The molecule has 1 unspecified atom stereocenters. The maximum absolute atomic E-state index is 14.6. The Morgan fingerprint density at radius 3 is 2.82 bits per heavy atom. The minimum Gasteiger partial charge on any atom is -0.387 e. The monoisotopic (exact) mass is 439 g/mol. The van der Waals surface area contributed by atoms with Crippen LogP contribution in [0.2, 0.25) is 5.28 Å². The van der Waals surface area contributed by atoms with Crippen molar-refractivity contribution in [3.05, 3.63) is 11.6 Å². The molecule has 5 N–H and O–H groups in total. The molecule has 0 aromatic carbocycles. The maximum atomic E-state index is 14.6. The van der Waals surface area contributed by atoms with Crippen LogP contribution < -0.4 is 5.73 Å². The summed E-state index contributed by atoms with van der Waals surface area (Å²) in [5, 5.41) is 9.88. The first-order valence-corrected chi connectivity index (χ1v) is 9.87. The zero-order valence-electron chi connectivity index (χ0n) is 14.2. The van der Waals surface area contributed by atoms with Crippen molar-refractivity contribution < 1.29 is 38.1 Å². The Bertz CT molecular complexity index is 955. The number of nitrogens with two attached hydrogens (primary N) is 1. The van der Waals surface area contributed by atoms with E-state index in [0.29, 0.717) is 0 Å². The molecule has 3 heterocycles. The summed E-state index contributed by atoms with van der Waals surface area (Å²) in [6, 6.07) is 0. The predicted molar refractivity (Wildman–Crippen MR) is 92.0 cm³/mol. The number of hydrogen-bond acceptors (Lipinski definition) is 9. The Morgan fingerprint density at radius 1 is 1.54 bits per heavy atom. The standard InChI is InChI=1S/C13H16ClFN5O7P/c1-4(21)12(28(23,24)25)26-2-5-8(22)6(15)11(27-5)20-3-17-7-9(16)18-13(14)19-10(7)20/h3,5-6,8,11-12,22H,2H2,1H3,(H2,16,18,19)(H2,23,24,25)/t5-,6+,8-,11-,12?/m1/s1. The molecule has 2 aromatic heterocycles. The molecule has 0 amide bonds. The normalized spacial score (nSPS) is 26.6. The van der Waals surface area contributed by atoms with E-state index < -0.39 is 50.4 Å². The molecule has 1 aliphatic heterocycles. The summed E-state index contributed by atoms with van der Waals surface area (Å²) < 4.78 is 37.4. The van der Waals surface area contributed by atoms with E-state index in [1.54, 1.807) is 0 Å². The highest BCUT2D eigenvalue weighted by Gasteiger charge is 2.47. The lowest BCUT2D eigenvalue weighted by Gasteiger charge is -2.20. The number of imidazole rings is 1. The first kappa shape index (κ1) is 21.0. The number of aliphatic hydroxyl groups is 1. The van der Waals surface area contributed by atoms with Gasteiger partial charge < -0.3 is 30.1 Å². The second-order valence-corrected chi connectivity index (χ2v) is 8.07. The molecule has 2 aromatic rings. The Hall–Kier alpha value is -1.73. The SMILES string of the molecule is CC(=O)C(OC[C@H]1O[C@@H](n2cnc3c(N)nc(Cl)nc32)[C@@H](F)[C@@H]1O)P(=O)(O)O. The van der Waals surface area contributed by atoms with Gasteiger partial charge in [0.2, 0.25) is 11.1 Å². The van der Waals surface area contributed by atoms with Crippen LogP contribution in [0.5, 0.6) is 0 Å². The molecule has 28 heavy (non-hydrogen) atoms. The highest BCUT2D eigenvalue weighted by molar-refractivity contribution is 7.53. The van der Waals surface area contributed by atoms with Crippen molar-refractivity contribution in [2.45, 2.75) is 37.4 Å². The first-order chi connectivity index (χ1) is 13.0. The zero-order chi connectivity index (χ0) is 20.8. The number of Topliss-reactive ketones (excluding diaryl/α,β-unsaturated/α-hetero) is 1. The van der Waals surface area contributed by atoms with Gasteiger partial charge in [0.1, 0.15) is 17.7 Å². The molecular weight excluding hydrogens is 424 g/mol. The molecule has 3 rings (SSSR count). The summed E-state index contributed by atoms with van der Waals surface area (Å²) in [7, 11) is -4.89. The number of aromatic nitrogens is 4. The lowest BCUT2D eigenvalue weighted by atomic mass is 10.1. The molecule has 154 valence electrons. The molecule has 1 saturated heterocycles. The highest BCUT2D eigenvalue weighted by atomic mass is 35.5. The average Bonchev–Trinajstić information content (AvgIpc) is 3.09. The van der Waals surface area contributed by atoms with Gasteiger partial charge in [0.25, 0.3) is 0 Å². The van der Waals surface area contributed by atoms with E-state index in [1.165, 1.54) is 6.33 Å². The average molecular weight is 440 g/mol. The summed E-state index contributed by atoms with van der Waals surface area (Å²) in [4.78, 5) is 41.3. The molecule has 15 heteroatoms. The number of ether oxygens (including phenoxy) is 2. The number of alkyl halides is 1. The number of rotatable bonds is 6. The Balaban J connectivity index is 1.81. The summed E-state index contributed by atoms with van der Waals surface area (Å²) >= 11 is 5.76. The summed E-state index contributed by atoms with van der Waals surface area (Å²) in [5.74, 6) is -2.99. The van der Waals surface area contributed by atoms with E-state index in [1.807, 2.05) is 0 Å². The van der Waals surface area contributed by atoms with E-state index in [4.69, 9.17) is 36.6 Å². The van der Waals surface area contributed by atoms with E-state index in [9.17, 15) is 18.9 Å². The van der Waals surface area contributed by atoms with Gasteiger partial charge in [0.05, 0.1) is 12.9 Å². The number of anilines is 1. The quantitative estimate of drug-likeness (QED) is 0.344. The molecule has 0 aliphatic carbocycles. The van der Waals surface area contributed by atoms with Gasteiger partial charge >= 0.3 is 7.60 Å². The van der Waals surface area contributed by atoms with Crippen LogP contribution in [0.3, 0.4) is 0 Å². The van der Waals surface area contributed by atoms with Crippen LogP contribution in [0.4, 0.5) is 10.2 Å². The van der Waals surface area contributed by atoms with Crippen molar-refractivity contribution in [3.63, 3.8) is 0 Å². The lowest BCUT2D eigenvalue weighted by Crippen LogP contribution is -2.34. The van der Waals surface area contributed by atoms with Gasteiger partial charge in [-0.25, -0.2) is 9.37 Å². The second kappa shape index (κ2) is 7.59. The van der Waals surface area contributed by atoms with E-state index in [2.05, 4.69) is 15.0 Å². The molecule has 5 atom stereocenters. The third kappa shape index (κ3) is 3.87. The van der Waals surface area contributed by atoms with Gasteiger partial charge in [0.15, 0.2) is 29.6 Å². The molecule has 0 radical (unpaired) electrons. The van der Waals surface area contributed by atoms with Crippen LogP contribution in [0, 0.1) is 0 Å². The molecular formula is C13H16ClFN5O7P. The first-order valence-electron chi connectivity index (χ1n) is 7.81. The minimum atomic E-state index is -4.89. The number of nitrogen functional groups attached to an aromatic ring is 1. The van der Waals surface area contributed by atoms with Gasteiger partial charge in [0, 0.05) is 0 Å². The Labute approximate surface area is 161 Å². The second-order valence-electron chi connectivity index (χ2n) is 6.09. The van der Waals surface area contributed by atoms with Crippen LogP contribution in [0.1, 0.15) is 13.2 Å². The largest absolute Gasteiger partial charge is 0.387 e. The molecule has 0 spiro atoms. The molecule has 1 fully saturated rings. The molecule has 0 bridgehead atoms. The number of nitrogens with zero attached hydrogens (tertiary/aromatic N) is 4. The van der Waals surface area contributed by atoms with Crippen LogP contribution >= 0.6 is 19.2 Å². The number of aliphatic hydroxyl groups excluding tert-OH is 1. The van der Waals surface area contributed by atoms with Crippen molar-refractivity contribution in [2.75, 3.05) is 12.3 Å². The molecule has 12 nitrogen and oxygen atoms in total. The predicted octanol–water partition coefficient (Wildman–Crippen LogP) is -0.232. The third-order valence-electron chi connectivity index (χ3n) is 4.06. The van der Waals surface area contributed by atoms with Crippen LogP contribution in [-0.2, 0) is 18.8 Å². The number of ketones is 1. The zero-order valence-corrected chi connectivity index (χ0v) is 15.9. The fraction of sp³-hybridized carbons (Fsp3) is 0.538. The topological polar surface area (TPSA) is 183 Å². The van der Waals surface area contributed by atoms with E-state index >= 15 is 0 Å². The van der Waals surface area contributed by atoms with Crippen molar-refractivity contribution in [1.29, 1.82) is 0 Å². The lowest BCUT2D eigenvalue weighted by molar-refractivity contribution is -0.128. The number of fused-ring (bicyclic) bond motifs is 1. The van der Waals surface area contributed by atoms with Gasteiger partial charge in [-0.15, -0.1) is 0 Å². The van der Waals surface area contributed by atoms with Gasteiger partial charge in [-0.1, -0.05) is 0 Å². The van der Waals surface area contributed by atoms with Crippen molar-refractivity contribution in [2.24, 2.45) is 0 Å². The maximum Gasteiger partial charge on any atom is 0.361 e. The number of carbonyl (C=O) groups is 1. The summed E-state index contributed by atoms with van der Waals surface area (Å²) in [5.41, 5.74) is 5.90. The molecule has 1 aliphatic rings. The van der Waals surface area contributed by atoms with E-state index in [0.717, 1.165) is 11.5 Å². The van der Waals surface area contributed by atoms with Crippen LogP contribution in [0.25, 0.3) is 11.2 Å². The van der Waals surface area contributed by atoms with Crippen LogP contribution in [0.15, 0.2) is 6.33 Å². The Kier molecular flexibility index (Phi) is 5.69. The van der Waals surface area contributed by atoms with Gasteiger partial charge in [-0.2, -0.15) is 9.97 Å². The van der Waals surface area contributed by atoms with Crippen molar-refractivity contribution >= 4 is 42.0 Å². The summed E-state index contributed by atoms with van der Waals surface area (Å²) in [6.45, 7) is 0.292. The summed E-state index contributed by atoms with van der Waals surface area (Å²) in [6.07, 6.45) is -5.22.